The maximum atomic E-state index is 14.9. The van der Waals surface area contributed by atoms with Gasteiger partial charge in [0.1, 0.15) is 18.3 Å². The summed E-state index contributed by atoms with van der Waals surface area (Å²) in [4.78, 5) is 30.8. The highest BCUT2D eigenvalue weighted by Gasteiger charge is 2.36. The Bertz CT molecular complexity index is 1840. The number of nitrogens with one attached hydrogen (secondary N) is 1. The van der Waals surface area contributed by atoms with Crippen LogP contribution < -0.4 is 14.4 Å². The summed E-state index contributed by atoms with van der Waals surface area (Å²) in [6.45, 7) is 5.31. The van der Waals surface area contributed by atoms with Crippen molar-refractivity contribution in [3.8, 4) is 5.75 Å². The van der Waals surface area contributed by atoms with E-state index in [1.807, 2.05) is 81.4 Å². The molecule has 1 fully saturated rings. The third-order valence-corrected chi connectivity index (χ3v) is 11.1. The number of hydrogen-bond acceptors (Lipinski definition) is 5. The predicted molar refractivity (Wildman–Crippen MR) is 194 cm³/mol. The number of aryl methyl sites for hydroxylation is 3. The number of hydrogen-bond donors (Lipinski definition) is 1. The number of methoxy groups -OCH3 is 1. The van der Waals surface area contributed by atoms with Crippen molar-refractivity contribution in [2.45, 2.75) is 82.8 Å². The number of ether oxygens (including phenoxy) is 1. The maximum Gasteiger partial charge on any atom is 0.264 e. The van der Waals surface area contributed by atoms with Crippen LogP contribution in [0, 0.1) is 20.8 Å². The van der Waals surface area contributed by atoms with Gasteiger partial charge in [-0.3, -0.25) is 13.9 Å². The Balaban J connectivity index is 1.61. The van der Waals surface area contributed by atoms with Gasteiger partial charge in [-0.05, 0) is 80.1 Å². The number of rotatable bonds is 13. The molecule has 2 amide bonds. The van der Waals surface area contributed by atoms with Crippen molar-refractivity contribution >= 4 is 27.5 Å². The molecule has 1 atom stereocenters. The number of nitrogens with zero attached hydrogens (tertiary/aromatic N) is 2. The third-order valence-electron chi connectivity index (χ3n) is 9.32. The largest absolute Gasteiger partial charge is 0.495 e. The molecule has 1 N–H and O–H groups in total. The highest BCUT2D eigenvalue weighted by Crippen LogP contribution is 2.34. The summed E-state index contributed by atoms with van der Waals surface area (Å²) in [5.74, 6) is -0.420. The van der Waals surface area contributed by atoms with Gasteiger partial charge in [0.25, 0.3) is 10.0 Å². The zero-order valence-corrected chi connectivity index (χ0v) is 29.7. The fraction of sp³-hybridized carbons (Fsp3) is 0.350. The zero-order valence-electron chi connectivity index (χ0n) is 28.9. The summed E-state index contributed by atoms with van der Waals surface area (Å²) in [7, 11) is -2.78. The van der Waals surface area contributed by atoms with E-state index in [0.717, 1.165) is 64.2 Å². The van der Waals surface area contributed by atoms with Crippen molar-refractivity contribution in [2.24, 2.45) is 0 Å². The van der Waals surface area contributed by atoms with E-state index >= 15 is 0 Å². The second-order valence-corrected chi connectivity index (χ2v) is 14.9. The molecule has 49 heavy (non-hydrogen) atoms. The van der Waals surface area contributed by atoms with Gasteiger partial charge in [0.05, 0.1) is 17.7 Å². The molecule has 0 aromatic heterocycles. The number of anilines is 1. The highest BCUT2D eigenvalue weighted by molar-refractivity contribution is 7.92. The molecular formula is C40H47N3O5S. The third kappa shape index (κ3) is 8.89. The Morgan fingerprint density at radius 3 is 2.16 bits per heavy atom. The van der Waals surface area contributed by atoms with Gasteiger partial charge in [-0.15, -0.1) is 0 Å². The summed E-state index contributed by atoms with van der Waals surface area (Å²) in [6.07, 6.45) is 5.30. The van der Waals surface area contributed by atoms with Crippen molar-refractivity contribution in [1.29, 1.82) is 0 Å². The van der Waals surface area contributed by atoms with Crippen LogP contribution in [0.4, 0.5) is 5.69 Å². The van der Waals surface area contributed by atoms with E-state index in [1.54, 1.807) is 41.3 Å². The van der Waals surface area contributed by atoms with Crippen LogP contribution in [0.25, 0.3) is 0 Å². The maximum absolute atomic E-state index is 14.9. The molecule has 4 aromatic rings. The van der Waals surface area contributed by atoms with Crippen LogP contribution in [0.1, 0.15) is 59.9 Å². The number of carbonyl (C=O) groups is 2. The van der Waals surface area contributed by atoms with Crippen molar-refractivity contribution in [3.63, 3.8) is 0 Å². The van der Waals surface area contributed by atoms with Crippen molar-refractivity contribution in [1.82, 2.24) is 10.2 Å². The standard InChI is InChI=1S/C40H47N3O5S/c1-29-19-22-35(23-20-29)49(46,47)43(36-25-30(2)21-24-38(36)48-4)28-39(44)42(27-33-16-12-11-13-31(33)3)37(26-32-14-7-5-8-15-32)40(45)41-34-17-9-6-10-18-34/h5,7-8,11-16,19-25,34,37H,6,9-10,17-18,26-28H2,1-4H3,(H,41,45). The molecule has 1 aliphatic rings. The summed E-state index contributed by atoms with van der Waals surface area (Å²) in [6, 6.07) is 28.3. The van der Waals surface area contributed by atoms with Gasteiger partial charge in [-0.25, -0.2) is 8.42 Å². The van der Waals surface area contributed by atoms with Crippen LogP contribution in [0.2, 0.25) is 0 Å². The molecule has 1 aliphatic carbocycles. The van der Waals surface area contributed by atoms with Gasteiger partial charge in [0.15, 0.2) is 0 Å². The van der Waals surface area contributed by atoms with E-state index in [4.69, 9.17) is 4.74 Å². The number of benzene rings is 4. The first-order valence-electron chi connectivity index (χ1n) is 17.0. The lowest BCUT2D eigenvalue weighted by atomic mass is 9.94. The zero-order chi connectivity index (χ0) is 35.0. The summed E-state index contributed by atoms with van der Waals surface area (Å²) >= 11 is 0. The Hall–Kier alpha value is -4.63. The van der Waals surface area contributed by atoms with Crippen molar-refractivity contribution < 1.29 is 22.7 Å². The fourth-order valence-electron chi connectivity index (χ4n) is 6.41. The topological polar surface area (TPSA) is 96.0 Å². The molecule has 4 aromatic carbocycles. The quantitative estimate of drug-likeness (QED) is 0.166. The first-order valence-corrected chi connectivity index (χ1v) is 18.4. The molecule has 0 aliphatic heterocycles. The first-order chi connectivity index (χ1) is 23.6. The van der Waals surface area contributed by atoms with Crippen LogP contribution in [-0.4, -0.2) is 50.9 Å². The van der Waals surface area contributed by atoms with Crippen molar-refractivity contribution in [2.75, 3.05) is 18.0 Å². The lowest BCUT2D eigenvalue weighted by molar-refractivity contribution is -0.140. The normalized spacial score (nSPS) is 14.1. The van der Waals surface area contributed by atoms with Crippen LogP contribution in [0.5, 0.6) is 5.75 Å². The van der Waals surface area contributed by atoms with E-state index in [1.165, 1.54) is 7.11 Å². The monoisotopic (exact) mass is 681 g/mol. The van der Waals surface area contributed by atoms with Crippen LogP contribution in [0.3, 0.4) is 0 Å². The number of sulfonamides is 1. The predicted octanol–water partition coefficient (Wildman–Crippen LogP) is 6.90. The van der Waals surface area contributed by atoms with Gasteiger partial charge in [0.2, 0.25) is 11.8 Å². The molecule has 5 rings (SSSR count). The van der Waals surface area contributed by atoms with E-state index in [0.29, 0.717) is 5.75 Å². The summed E-state index contributed by atoms with van der Waals surface area (Å²) in [5, 5.41) is 3.26. The average molecular weight is 682 g/mol. The molecule has 0 bridgehead atoms. The molecule has 1 saturated carbocycles. The minimum Gasteiger partial charge on any atom is -0.495 e. The van der Waals surface area contributed by atoms with Gasteiger partial charge < -0.3 is 15.0 Å². The summed E-state index contributed by atoms with van der Waals surface area (Å²) < 4.78 is 35.7. The molecule has 0 spiro atoms. The Morgan fingerprint density at radius 1 is 0.837 bits per heavy atom. The smallest absolute Gasteiger partial charge is 0.264 e. The summed E-state index contributed by atoms with van der Waals surface area (Å²) in [5.41, 5.74) is 4.71. The molecule has 8 nitrogen and oxygen atoms in total. The van der Waals surface area contributed by atoms with E-state index in [9.17, 15) is 18.0 Å². The lowest BCUT2D eigenvalue weighted by Crippen LogP contribution is -2.55. The van der Waals surface area contributed by atoms with Crippen molar-refractivity contribution in [3.05, 3.63) is 125 Å². The van der Waals surface area contributed by atoms with Crippen LogP contribution >= 0.6 is 0 Å². The number of carbonyl (C=O) groups excluding carboxylic acids is 2. The van der Waals surface area contributed by atoms with E-state index < -0.39 is 28.5 Å². The van der Waals surface area contributed by atoms with Gasteiger partial charge in [-0.1, -0.05) is 97.6 Å². The molecule has 1 unspecified atom stereocenters. The molecule has 9 heteroatoms. The second-order valence-electron chi connectivity index (χ2n) is 13.0. The first kappa shape index (κ1) is 35.7. The second kappa shape index (κ2) is 16.2. The Kier molecular flexibility index (Phi) is 11.8. The SMILES string of the molecule is COc1ccc(C)cc1N(CC(=O)N(Cc1ccccc1C)C(Cc1ccccc1)C(=O)NC1CCCCC1)S(=O)(=O)c1ccc(C)cc1. The molecular weight excluding hydrogens is 635 g/mol. The van der Waals surface area contributed by atoms with E-state index in [2.05, 4.69) is 5.32 Å². The van der Waals surface area contributed by atoms with Crippen LogP contribution in [0.15, 0.2) is 102 Å². The van der Waals surface area contributed by atoms with Gasteiger partial charge in [0, 0.05) is 19.0 Å². The molecule has 258 valence electrons. The Labute approximate surface area is 291 Å². The molecule has 0 radical (unpaired) electrons. The van der Waals surface area contributed by atoms with E-state index in [-0.39, 0.29) is 35.5 Å². The highest BCUT2D eigenvalue weighted by atomic mass is 32.2. The van der Waals surface area contributed by atoms with Gasteiger partial charge >= 0.3 is 0 Å². The average Bonchev–Trinajstić information content (AvgIpc) is 3.10. The lowest BCUT2D eigenvalue weighted by Gasteiger charge is -2.35. The van der Waals surface area contributed by atoms with Crippen LogP contribution in [-0.2, 0) is 32.6 Å². The minimum absolute atomic E-state index is 0.0323. The molecule has 0 saturated heterocycles. The van der Waals surface area contributed by atoms with Gasteiger partial charge in [-0.2, -0.15) is 0 Å². The minimum atomic E-state index is -4.25. The Morgan fingerprint density at radius 2 is 1.49 bits per heavy atom. The number of amides is 2. The fourth-order valence-corrected chi connectivity index (χ4v) is 7.83. The molecule has 0 heterocycles.